The summed E-state index contributed by atoms with van der Waals surface area (Å²) in [6.07, 6.45) is 2.92. The quantitative estimate of drug-likeness (QED) is 0.756. The number of nitrogens with one attached hydrogen (secondary N) is 1. The summed E-state index contributed by atoms with van der Waals surface area (Å²) < 4.78 is 24.3. The highest BCUT2D eigenvalue weighted by molar-refractivity contribution is 9.10. The van der Waals surface area contributed by atoms with Crippen molar-refractivity contribution in [1.82, 2.24) is 5.32 Å². The Kier molecular flexibility index (Phi) is 6.37. The minimum atomic E-state index is -0.341. The molecule has 6 heteroatoms. The molecule has 1 amide bonds. The molecule has 2 rings (SSSR count). The maximum absolute atomic E-state index is 13.1. The van der Waals surface area contributed by atoms with Crippen LogP contribution in [0.3, 0.4) is 0 Å². The molecule has 2 aromatic rings. The predicted molar refractivity (Wildman–Crippen MR) is 94.5 cm³/mol. The third kappa shape index (κ3) is 4.83. The molecule has 0 aromatic heterocycles. The van der Waals surface area contributed by atoms with Crippen LogP contribution in [0.1, 0.15) is 11.1 Å². The van der Waals surface area contributed by atoms with Crippen molar-refractivity contribution in [2.45, 2.75) is 6.54 Å². The molecule has 0 aliphatic rings. The van der Waals surface area contributed by atoms with Gasteiger partial charge in [0.15, 0.2) is 11.5 Å². The lowest BCUT2D eigenvalue weighted by Gasteiger charge is -2.12. The van der Waals surface area contributed by atoms with Crippen LogP contribution in [0.2, 0.25) is 0 Å². The fourth-order valence-electron chi connectivity index (χ4n) is 2.06. The van der Waals surface area contributed by atoms with E-state index in [1.807, 2.05) is 0 Å². The van der Waals surface area contributed by atoms with Crippen molar-refractivity contribution in [2.24, 2.45) is 0 Å². The Morgan fingerprint density at radius 1 is 1.21 bits per heavy atom. The number of rotatable bonds is 6. The van der Waals surface area contributed by atoms with Crippen molar-refractivity contribution in [2.75, 3.05) is 14.2 Å². The van der Waals surface area contributed by atoms with Crippen LogP contribution in [0, 0.1) is 5.82 Å². The number of carbonyl (C=O) groups is 1. The molecule has 0 heterocycles. The number of hydrogen-bond acceptors (Lipinski definition) is 3. The second-order valence-corrected chi connectivity index (χ2v) is 5.76. The van der Waals surface area contributed by atoms with E-state index in [9.17, 15) is 9.18 Å². The van der Waals surface area contributed by atoms with Gasteiger partial charge in [0.1, 0.15) is 5.82 Å². The van der Waals surface area contributed by atoms with Crippen molar-refractivity contribution in [1.29, 1.82) is 0 Å². The molecule has 0 fully saturated rings. The van der Waals surface area contributed by atoms with E-state index >= 15 is 0 Å². The zero-order valence-corrected chi connectivity index (χ0v) is 14.9. The van der Waals surface area contributed by atoms with Crippen LogP contribution in [0.15, 0.2) is 46.9 Å². The van der Waals surface area contributed by atoms with Gasteiger partial charge in [-0.1, -0.05) is 28.1 Å². The minimum absolute atomic E-state index is 0.277. The van der Waals surface area contributed by atoms with Gasteiger partial charge in [-0.05, 0) is 41.5 Å². The summed E-state index contributed by atoms with van der Waals surface area (Å²) in [5.41, 5.74) is 1.47. The van der Waals surface area contributed by atoms with Gasteiger partial charge < -0.3 is 14.8 Å². The molecule has 1 N–H and O–H groups in total. The Morgan fingerprint density at radius 2 is 1.92 bits per heavy atom. The third-order valence-electron chi connectivity index (χ3n) is 3.28. The number of hydrogen-bond donors (Lipinski definition) is 1. The second kappa shape index (κ2) is 8.49. The summed E-state index contributed by atoms with van der Waals surface area (Å²) in [5, 5.41) is 2.77. The van der Waals surface area contributed by atoms with Crippen molar-refractivity contribution in [3.8, 4) is 11.5 Å². The Balaban J connectivity index is 2.01. The van der Waals surface area contributed by atoms with Gasteiger partial charge in [-0.3, -0.25) is 4.79 Å². The number of ether oxygens (including phenoxy) is 2. The lowest BCUT2D eigenvalue weighted by molar-refractivity contribution is -0.116. The molecule has 0 bridgehead atoms. The summed E-state index contributed by atoms with van der Waals surface area (Å²) in [4.78, 5) is 11.9. The van der Waals surface area contributed by atoms with Gasteiger partial charge in [-0.25, -0.2) is 4.39 Å². The van der Waals surface area contributed by atoms with E-state index in [0.29, 0.717) is 23.6 Å². The lowest BCUT2D eigenvalue weighted by atomic mass is 10.2. The topological polar surface area (TPSA) is 47.6 Å². The van der Waals surface area contributed by atoms with Gasteiger partial charge in [-0.15, -0.1) is 0 Å². The Bertz CT molecular complexity index is 762. The fourth-order valence-corrected chi connectivity index (χ4v) is 2.52. The molecule has 0 saturated heterocycles. The van der Waals surface area contributed by atoms with E-state index in [4.69, 9.17) is 9.47 Å². The molecular formula is C18H17BrFNO3. The maximum atomic E-state index is 13.1. The van der Waals surface area contributed by atoms with Crippen LogP contribution in [-0.4, -0.2) is 20.1 Å². The molecule has 0 saturated carbocycles. The maximum Gasteiger partial charge on any atom is 0.244 e. The van der Waals surface area contributed by atoms with Crippen LogP contribution in [-0.2, 0) is 11.3 Å². The average molecular weight is 394 g/mol. The fraction of sp³-hybridized carbons (Fsp3) is 0.167. The van der Waals surface area contributed by atoms with E-state index in [1.165, 1.54) is 18.2 Å². The van der Waals surface area contributed by atoms with Gasteiger partial charge in [0.25, 0.3) is 0 Å². The van der Waals surface area contributed by atoms with E-state index in [-0.39, 0.29) is 11.7 Å². The number of amides is 1. The summed E-state index contributed by atoms with van der Waals surface area (Å²) in [7, 11) is 3.11. The van der Waals surface area contributed by atoms with E-state index in [1.54, 1.807) is 44.6 Å². The van der Waals surface area contributed by atoms with Gasteiger partial charge >= 0.3 is 0 Å². The summed E-state index contributed by atoms with van der Waals surface area (Å²) in [5.74, 6) is 0.568. The van der Waals surface area contributed by atoms with Gasteiger partial charge in [-0.2, -0.15) is 0 Å². The molecule has 0 unspecified atom stereocenters. The predicted octanol–water partition coefficient (Wildman–Crippen LogP) is 3.94. The van der Waals surface area contributed by atoms with Crippen molar-refractivity contribution in [3.63, 3.8) is 0 Å². The Hall–Kier alpha value is -2.34. The van der Waals surface area contributed by atoms with Crippen molar-refractivity contribution < 1.29 is 18.7 Å². The summed E-state index contributed by atoms with van der Waals surface area (Å²) in [6, 6.07) is 9.59. The molecule has 126 valence electrons. The first-order chi connectivity index (χ1) is 11.5. The molecular weight excluding hydrogens is 377 g/mol. The van der Waals surface area contributed by atoms with Crippen LogP contribution in [0.5, 0.6) is 11.5 Å². The number of halogens is 2. The van der Waals surface area contributed by atoms with Crippen LogP contribution in [0.4, 0.5) is 4.39 Å². The summed E-state index contributed by atoms with van der Waals surface area (Å²) >= 11 is 3.44. The van der Waals surface area contributed by atoms with E-state index in [0.717, 1.165) is 10.0 Å². The zero-order valence-electron chi connectivity index (χ0n) is 13.3. The SMILES string of the molecule is COc1cc(Br)c(CNC(=O)/C=C/c2cccc(F)c2)cc1OC. The number of benzene rings is 2. The number of carbonyl (C=O) groups excluding carboxylic acids is 1. The first-order valence-corrected chi connectivity index (χ1v) is 7.94. The van der Waals surface area contributed by atoms with Crippen molar-refractivity contribution >= 4 is 27.9 Å². The zero-order chi connectivity index (χ0) is 17.5. The van der Waals surface area contributed by atoms with E-state index in [2.05, 4.69) is 21.2 Å². The first-order valence-electron chi connectivity index (χ1n) is 7.15. The first kappa shape index (κ1) is 18.0. The molecule has 0 aliphatic carbocycles. The van der Waals surface area contributed by atoms with Gasteiger partial charge in [0.2, 0.25) is 5.91 Å². The minimum Gasteiger partial charge on any atom is -0.493 e. The molecule has 2 aromatic carbocycles. The largest absolute Gasteiger partial charge is 0.493 e. The highest BCUT2D eigenvalue weighted by atomic mass is 79.9. The molecule has 0 atom stereocenters. The second-order valence-electron chi connectivity index (χ2n) is 4.90. The standard InChI is InChI=1S/C18H17BrFNO3/c1-23-16-9-13(15(19)10-17(16)24-2)11-21-18(22)7-6-12-4-3-5-14(20)8-12/h3-10H,11H2,1-2H3,(H,21,22)/b7-6+. The van der Waals surface area contributed by atoms with Crippen LogP contribution >= 0.6 is 15.9 Å². The highest BCUT2D eigenvalue weighted by Gasteiger charge is 2.10. The molecule has 0 radical (unpaired) electrons. The molecule has 24 heavy (non-hydrogen) atoms. The lowest BCUT2D eigenvalue weighted by Crippen LogP contribution is -2.20. The van der Waals surface area contributed by atoms with Crippen LogP contribution in [0.25, 0.3) is 6.08 Å². The van der Waals surface area contributed by atoms with Crippen molar-refractivity contribution in [3.05, 3.63) is 63.9 Å². The van der Waals surface area contributed by atoms with Crippen LogP contribution < -0.4 is 14.8 Å². The van der Waals surface area contributed by atoms with Gasteiger partial charge in [0.05, 0.1) is 14.2 Å². The average Bonchev–Trinajstić information content (AvgIpc) is 2.58. The third-order valence-corrected chi connectivity index (χ3v) is 4.02. The monoisotopic (exact) mass is 393 g/mol. The number of methoxy groups -OCH3 is 2. The highest BCUT2D eigenvalue weighted by Crippen LogP contribution is 2.33. The smallest absolute Gasteiger partial charge is 0.244 e. The van der Waals surface area contributed by atoms with E-state index < -0.39 is 0 Å². The molecule has 4 nitrogen and oxygen atoms in total. The normalized spacial score (nSPS) is 10.7. The Labute approximate surface area is 148 Å². The summed E-state index contributed by atoms with van der Waals surface area (Å²) in [6.45, 7) is 0.313. The molecule has 0 aliphatic heterocycles. The van der Waals surface area contributed by atoms with Gasteiger partial charge in [0, 0.05) is 17.1 Å². The molecule has 0 spiro atoms. The Morgan fingerprint density at radius 3 is 2.58 bits per heavy atom.